The molecule has 0 unspecified atom stereocenters. The van der Waals surface area contributed by atoms with Crippen LogP contribution < -0.4 is 10.1 Å². The van der Waals surface area contributed by atoms with Gasteiger partial charge in [0, 0.05) is 31.1 Å². The van der Waals surface area contributed by atoms with Crippen LogP contribution in [-0.4, -0.2) is 43.5 Å². The van der Waals surface area contributed by atoms with E-state index in [0.29, 0.717) is 42.6 Å². The number of carbonyl (C=O) groups excluding carboxylic acids is 2. The largest absolute Gasteiger partial charge is 0.493 e. The lowest BCUT2D eigenvalue weighted by molar-refractivity contribution is -0.127. The van der Waals surface area contributed by atoms with Crippen molar-refractivity contribution in [1.29, 1.82) is 0 Å². The highest BCUT2D eigenvalue weighted by atomic mass is 16.5. The van der Waals surface area contributed by atoms with Crippen LogP contribution in [0.15, 0.2) is 57.6 Å². The lowest BCUT2D eigenvalue weighted by Crippen LogP contribution is -2.40. The Hall–Kier alpha value is -3.48. The van der Waals surface area contributed by atoms with Crippen LogP contribution in [0.3, 0.4) is 0 Å². The average Bonchev–Trinajstić information content (AvgIpc) is 3.45. The van der Waals surface area contributed by atoms with Gasteiger partial charge >= 0.3 is 0 Å². The number of nitrogens with one attached hydrogen (secondary N) is 1. The maximum Gasteiger partial charge on any atom is 0.287 e. The molecule has 1 aliphatic heterocycles. The van der Waals surface area contributed by atoms with Gasteiger partial charge in [-0.15, -0.1) is 0 Å². The number of methoxy groups -OCH3 is 1. The van der Waals surface area contributed by atoms with Crippen LogP contribution in [0.25, 0.3) is 17.0 Å². The second-order valence-electron chi connectivity index (χ2n) is 7.32. The smallest absolute Gasteiger partial charge is 0.287 e. The summed E-state index contributed by atoms with van der Waals surface area (Å²) in [7, 11) is 1.57. The molecule has 0 radical (unpaired) electrons. The Morgan fingerprint density at radius 2 is 2.07 bits per heavy atom. The number of piperidine rings is 1. The molecule has 0 spiro atoms. The average molecular weight is 408 g/mol. The number of para-hydroxylation sites is 1. The van der Waals surface area contributed by atoms with Crippen LogP contribution in [0.5, 0.6) is 5.75 Å². The summed E-state index contributed by atoms with van der Waals surface area (Å²) in [6.45, 7) is 1.89. The van der Waals surface area contributed by atoms with E-state index in [1.165, 1.54) is 6.08 Å². The van der Waals surface area contributed by atoms with Crippen LogP contribution >= 0.6 is 0 Å². The third-order valence-electron chi connectivity index (χ3n) is 5.36. The van der Waals surface area contributed by atoms with E-state index in [9.17, 15) is 9.59 Å². The Kier molecular flexibility index (Phi) is 5.88. The van der Waals surface area contributed by atoms with E-state index < -0.39 is 0 Å². The van der Waals surface area contributed by atoms with Crippen molar-refractivity contribution >= 4 is 28.9 Å². The predicted molar refractivity (Wildman–Crippen MR) is 112 cm³/mol. The topological polar surface area (TPSA) is 84.9 Å². The normalized spacial score (nSPS) is 15.0. The molecular weight excluding hydrogens is 384 g/mol. The molecule has 0 atom stereocenters. The minimum Gasteiger partial charge on any atom is -0.493 e. The third-order valence-corrected chi connectivity index (χ3v) is 5.36. The van der Waals surface area contributed by atoms with Gasteiger partial charge in [0.25, 0.3) is 5.91 Å². The second kappa shape index (κ2) is 8.90. The number of nitrogens with zero attached hydrogens (tertiary/aromatic N) is 1. The number of hydrogen-bond acceptors (Lipinski definition) is 5. The molecule has 30 heavy (non-hydrogen) atoms. The zero-order valence-electron chi connectivity index (χ0n) is 16.8. The third kappa shape index (κ3) is 4.40. The highest BCUT2D eigenvalue weighted by molar-refractivity contribution is 5.97. The van der Waals surface area contributed by atoms with Crippen LogP contribution in [0, 0.1) is 5.92 Å². The molecule has 1 N–H and O–H groups in total. The number of ether oxygens (including phenoxy) is 1. The van der Waals surface area contributed by atoms with Gasteiger partial charge in [-0.25, -0.2) is 0 Å². The monoisotopic (exact) mass is 408 g/mol. The molecule has 156 valence electrons. The van der Waals surface area contributed by atoms with Crippen LogP contribution in [0.4, 0.5) is 0 Å². The highest BCUT2D eigenvalue weighted by Crippen LogP contribution is 2.28. The van der Waals surface area contributed by atoms with Gasteiger partial charge in [-0.1, -0.05) is 12.1 Å². The van der Waals surface area contributed by atoms with Crippen molar-refractivity contribution in [2.24, 2.45) is 5.92 Å². The number of rotatable bonds is 6. The lowest BCUT2D eigenvalue weighted by Gasteiger charge is -2.31. The summed E-state index contributed by atoms with van der Waals surface area (Å²) >= 11 is 0. The quantitative estimate of drug-likeness (QED) is 0.629. The van der Waals surface area contributed by atoms with Crippen LogP contribution in [0.1, 0.15) is 29.2 Å². The van der Waals surface area contributed by atoms with Crippen molar-refractivity contribution in [3.05, 3.63) is 60.3 Å². The van der Waals surface area contributed by atoms with E-state index in [-0.39, 0.29) is 17.6 Å². The SMILES string of the molecule is COc1cccc2cc(C(=O)NCC3CCN(C(=O)C=Cc4ccco4)CC3)oc12. The van der Waals surface area contributed by atoms with Crippen LogP contribution in [-0.2, 0) is 4.79 Å². The molecular formula is C23H24N2O5. The lowest BCUT2D eigenvalue weighted by atomic mass is 9.96. The van der Waals surface area contributed by atoms with Crippen molar-refractivity contribution < 1.29 is 23.2 Å². The molecule has 3 aromatic rings. The van der Waals surface area contributed by atoms with Gasteiger partial charge in [0.1, 0.15) is 5.76 Å². The maximum atomic E-state index is 12.5. The molecule has 7 heteroatoms. The number of likely N-dealkylation sites (tertiary alicyclic amines) is 1. The molecule has 0 aliphatic carbocycles. The first-order valence-corrected chi connectivity index (χ1v) is 9.99. The Bertz CT molecular complexity index is 1040. The van der Waals surface area contributed by atoms with Gasteiger partial charge in [-0.05, 0) is 49.1 Å². The summed E-state index contributed by atoms with van der Waals surface area (Å²) < 4.78 is 16.2. The summed E-state index contributed by atoms with van der Waals surface area (Å²) in [6.07, 6.45) is 6.47. The van der Waals surface area contributed by atoms with E-state index in [2.05, 4.69) is 5.32 Å². The number of hydrogen-bond donors (Lipinski definition) is 1. The molecule has 4 rings (SSSR count). The number of furan rings is 2. The zero-order valence-corrected chi connectivity index (χ0v) is 16.8. The molecule has 3 heterocycles. The summed E-state index contributed by atoms with van der Waals surface area (Å²) in [4.78, 5) is 26.6. The standard InChI is InChI=1S/C23H24N2O5/c1-28-19-6-2-4-17-14-20(30-22(17)19)23(27)24-15-16-9-11-25(12-10-16)21(26)8-7-18-5-3-13-29-18/h2-8,13-14,16H,9-12,15H2,1H3,(H,24,27). The molecule has 2 aromatic heterocycles. The predicted octanol–water partition coefficient (Wildman–Crippen LogP) is 3.72. The molecule has 1 aromatic carbocycles. The molecule has 1 aliphatic rings. The highest BCUT2D eigenvalue weighted by Gasteiger charge is 2.23. The Morgan fingerprint density at radius 3 is 2.80 bits per heavy atom. The van der Waals surface area contributed by atoms with Gasteiger partial charge in [-0.3, -0.25) is 9.59 Å². The molecule has 2 amide bonds. The van der Waals surface area contributed by atoms with E-state index in [4.69, 9.17) is 13.6 Å². The Balaban J connectivity index is 1.26. The minimum absolute atomic E-state index is 0.0230. The fraction of sp³-hybridized carbons (Fsp3) is 0.304. The minimum atomic E-state index is -0.242. The van der Waals surface area contributed by atoms with E-state index in [1.807, 2.05) is 17.0 Å². The summed E-state index contributed by atoms with van der Waals surface area (Å²) in [5.74, 6) is 1.59. The van der Waals surface area contributed by atoms with Gasteiger partial charge in [0.05, 0.1) is 13.4 Å². The number of amides is 2. The Labute approximate surface area is 174 Å². The first-order chi connectivity index (χ1) is 14.6. The van der Waals surface area contributed by atoms with Gasteiger partial charge < -0.3 is 23.8 Å². The van der Waals surface area contributed by atoms with Crippen molar-refractivity contribution in [3.63, 3.8) is 0 Å². The van der Waals surface area contributed by atoms with E-state index in [1.54, 1.807) is 43.7 Å². The van der Waals surface area contributed by atoms with E-state index in [0.717, 1.165) is 18.2 Å². The summed E-state index contributed by atoms with van der Waals surface area (Å²) in [5.41, 5.74) is 0.569. The maximum absolute atomic E-state index is 12.5. The molecule has 1 fully saturated rings. The fourth-order valence-corrected chi connectivity index (χ4v) is 3.64. The number of carbonyl (C=O) groups is 2. The Morgan fingerprint density at radius 1 is 1.23 bits per heavy atom. The number of fused-ring (bicyclic) bond motifs is 1. The van der Waals surface area contributed by atoms with Gasteiger partial charge in [-0.2, -0.15) is 0 Å². The zero-order chi connectivity index (χ0) is 20.9. The first kappa shape index (κ1) is 19.8. The van der Waals surface area contributed by atoms with Crippen molar-refractivity contribution in [2.75, 3.05) is 26.7 Å². The summed E-state index contributed by atoms with van der Waals surface area (Å²) in [6, 6.07) is 10.8. The van der Waals surface area contributed by atoms with Gasteiger partial charge in [0.15, 0.2) is 17.1 Å². The number of benzene rings is 1. The second-order valence-corrected chi connectivity index (χ2v) is 7.32. The van der Waals surface area contributed by atoms with Gasteiger partial charge in [0.2, 0.25) is 5.91 Å². The summed E-state index contributed by atoms with van der Waals surface area (Å²) in [5, 5.41) is 3.78. The van der Waals surface area contributed by atoms with Crippen molar-refractivity contribution in [2.45, 2.75) is 12.8 Å². The van der Waals surface area contributed by atoms with Crippen molar-refractivity contribution in [3.8, 4) is 5.75 Å². The molecule has 0 bridgehead atoms. The molecule has 1 saturated heterocycles. The first-order valence-electron chi connectivity index (χ1n) is 9.99. The van der Waals surface area contributed by atoms with Crippen LogP contribution in [0.2, 0.25) is 0 Å². The molecule has 7 nitrogen and oxygen atoms in total. The van der Waals surface area contributed by atoms with E-state index >= 15 is 0 Å². The molecule has 0 saturated carbocycles. The van der Waals surface area contributed by atoms with Crippen molar-refractivity contribution in [1.82, 2.24) is 10.2 Å². The fourth-order valence-electron chi connectivity index (χ4n) is 3.64.